The second kappa shape index (κ2) is 9.22. The van der Waals surface area contributed by atoms with E-state index in [9.17, 15) is 0 Å². The van der Waals surface area contributed by atoms with Crippen LogP contribution in [0.2, 0.25) is 0 Å². The van der Waals surface area contributed by atoms with Crippen LogP contribution in [0.5, 0.6) is 0 Å². The van der Waals surface area contributed by atoms with E-state index >= 15 is 0 Å². The number of para-hydroxylation sites is 2. The molecule has 0 atom stereocenters. The zero-order valence-corrected chi connectivity index (χ0v) is 22.1. The van der Waals surface area contributed by atoms with E-state index in [2.05, 4.69) is 76.3 Å². The van der Waals surface area contributed by atoms with Crippen molar-refractivity contribution in [3.8, 4) is 39.0 Å². The molecule has 0 aliphatic rings. The molecule has 0 radical (unpaired) electrons. The summed E-state index contributed by atoms with van der Waals surface area (Å²) in [5.74, 6) is 0.837. The summed E-state index contributed by atoms with van der Waals surface area (Å²) in [5, 5.41) is 2.13. The highest BCUT2D eigenvalue weighted by atomic mass is 32.1. The largest absolute Gasteiger partial charge is 0.292 e. The first-order valence-corrected chi connectivity index (χ1v) is 13.9. The Morgan fingerprint density at radius 1 is 0.525 bits per heavy atom. The topological polar surface area (TPSA) is 56.5 Å². The predicted octanol–water partition coefficient (Wildman–Crippen LogP) is 8.58. The van der Waals surface area contributed by atoms with Crippen LogP contribution in [0.3, 0.4) is 0 Å². The number of hydrogen-bond acceptors (Lipinski definition) is 5. The Morgan fingerprint density at radius 3 is 2.15 bits per heavy atom. The lowest BCUT2D eigenvalue weighted by Gasteiger charge is -2.09. The van der Waals surface area contributed by atoms with Crippen LogP contribution in [0.25, 0.3) is 71.2 Å². The van der Waals surface area contributed by atoms with E-state index in [0.717, 1.165) is 66.5 Å². The predicted molar refractivity (Wildman–Crippen MR) is 164 cm³/mol. The van der Waals surface area contributed by atoms with Gasteiger partial charge in [0.15, 0.2) is 0 Å². The van der Waals surface area contributed by atoms with Gasteiger partial charge in [-0.05, 0) is 54.6 Å². The van der Waals surface area contributed by atoms with Gasteiger partial charge in [-0.1, -0.05) is 66.7 Å². The summed E-state index contributed by atoms with van der Waals surface area (Å²) >= 11 is 1.71. The molecule has 0 N–H and O–H groups in total. The highest BCUT2D eigenvalue weighted by molar-refractivity contribution is 7.21. The molecule has 8 rings (SSSR count). The van der Waals surface area contributed by atoms with Crippen molar-refractivity contribution in [2.24, 2.45) is 0 Å². The first kappa shape index (κ1) is 22.8. The van der Waals surface area contributed by atoms with Gasteiger partial charge in [-0.2, -0.15) is 0 Å². The highest BCUT2D eigenvalue weighted by Crippen LogP contribution is 2.33. The Balaban J connectivity index is 1.16. The molecule has 5 heterocycles. The van der Waals surface area contributed by atoms with E-state index in [0.29, 0.717) is 0 Å². The van der Waals surface area contributed by atoms with Crippen LogP contribution in [0.15, 0.2) is 128 Å². The second-order valence-electron chi connectivity index (χ2n) is 9.58. The molecule has 5 nitrogen and oxygen atoms in total. The van der Waals surface area contributed by atoms with Gasteiger partial charge in [0.1, 0.15) is 10.8 Å². The third-order valence-corrected chi connectivity index (χ3v) is 8.21. The van der Waals surface area contributed by atoms with Gasteiger partial charge in [-0.15, -0.1) is 11.3 Å². The minimum atomic E-state index is 0.820. The van der Waals surface area contributed by atoms with E-state index in [-0.39, 0.29) is 0 Å². The molecular formula is C34H21N5S. The molecule has 3 aromatic carbocycles. The summed E-state index contributed by atoms with van der Waals surface area (Å²) in [6.45, 7) is 0. The van der Waals surface area contributed by atoms with Crippen molar-refractivity contribution in [3.05, 3.63) is 128 Å². The molecule has 0 amide bonds. The lowest BCUT2D eigenvalue weighted by Crippen LogP contribution is -1.99. The Labute approximate surface area is 234 Å². The van der Waals surface area contributed by atoms with E-state index in [4.69, 9.17) is 15.0 Å². The van der Waals surface area contributed by atoms with Crippen LogP contribution in [-0.2, 0) is 0 Å². The Kier molecular flexibility index (Phi) is 5.24. The van der Waals surface area contributed by atoms with Gasteiger partial charge in [0, 0.05) is 22.7 Å². The van der Waals surface area contributed by atoms with Crippen LogP contribution < -0.4 is 0 Å². The van der Waals surface area contributed by atoms with Crippen molar-refractivity contribution in [1.29, 1.82) is 0 Å². The smallest absolute Gasteiger partial charge is 0.138 e. The van der Waals surface area contributed by atoms with Gasteiger partial charge in [0.25, 0.3) is 0 Å². The number of nitrogens with zero attached hydrogens (tertiary/aromatic N) is 5. The van der Waals surface area contributed by atoms with Gasteiger partial charge < -0.3 is 0 Å². The number of fused-ring (bicyclic) bond motifs is 4. The number of pyridine rings is 3. The van der Waals surface area contributed by atoms with Crippen molar-refractivity contribution in [3.63, 3.8) is 0 Å². The van der Waals surface area contributed by atoms with Crippen LogP contribution in [0.1, 0.15) is 0 Å². The molecular weight excluding hydrogens is 510 g/mol. The van der Waals surface area contributed by atoms with E-state index < -0.39 is 0 Å². The third kappa shape index (κ3) is 3.77. The lowest BCUT2D eigenvalue weighted by molar-refractivity contribution is 1.08. The molecule has 0 aliphatic heterocycles. The monoisotopic (exact) mass is 531 g/mol. The second-order valence-corrected chi connectivity index (χ2v) is 10.6. The molecule has 0 spiro atoms. The van der Waals surface area contributed by atoms with Crippen molar-refractivity contribution < 1.29 is 0 Å². The van der Waals surface area contributed by atoms with Gasteiger partial charge in [-0.25, -0.2) is 15.0 Å². The summed E-state index contributed by atoms with van der Waals surface area (Å²) in [4.78, 5) is 19.5. The van der Waals surface area contributed by atoms with Crippen LogP contribution in [0.4, 0.5) is 0 Å². The zero-order valence-electron chi connectivity index (χ0n) is 21.3. The standard InChI is InChI=1S/C34H21N5S/c1-3-13-29-24(8-1)33-30(14-7-21-35-33)39(29)32-16-6-12-27(37-32)26-11-5-10-25(36-26)22-17-19-23(20-18-22)34-38-28-9-2-4-15-31(28)40-34/h1-21H. The minimum Gasteiger partial charge on any atom is -0.292 e. The van der Waals surface area contributed by atoms with Crippen molar-refractivity contribution >= 4 is 43.5 Å². The summed E-state index contributed by atoms with van der Waals surface area (Å²) < 4.78 is 3.37. The normalized spacial score (nSPS) is 11.5. The van der Waals surface area contributed by atoms with Gasteiger partial charge >= 0.3 is 0 Å². The lowest BCUT2D eigenvalue weighted by atomic mass is 10.1. The van der Waals surface area contributed by atoms with Crippen LogP contribution in [0, 0.1) is 0 Å². The molecule has 0 saturated carbocycles. The number of benzene rings is 3. The molecule has 0 fully saturated rings. The number of aromatic nitrogens is 5. The third-order valence-electron chi connectivity index (χ3n) is 7.12. The van der Waals surface area contributed by atoms with Gasteiger partial charge in [0.05, 0.1) is 43.8 Å². The Morgan fingerprint density at radius 2 is 1.25 bits per heavy atom. The fourth-order valence-electron chi connectivity index (χ4n) is 5.24. The Bertz CT molecular complexity index is 2090. The average Bonchev–Trinajstić information content (AvgIpc) is 3.61. The molecule has 0 bridgehead atoms. The molecule has 0 unspecified atom stereocenters. The van der Waals surface area contributed by atoms with E-state index in [1.165, 1.54) is 4.70 Å². The average molecular weight is 532 g/mol. The quantitative estimate of drug-likeness (QED) is 0.228. The number of thiazole rings is 1. The summed E-state index contributed by atoms with van der Waals surface area (Å²) in [7, 11) is 0. The first-order chi connectivity index (χ1) is 19.8. The maximum atomic E-state index is 5.06. The summed E-state index contributed by atoms with van der Waals surface area (Å²) in [5.41, 5.74) is 8.83. The van der Waals surface area contributed by atoms with Crippen molar-refractivity contribution in [2.45, 2.75) is 0 Å². The fourth-order valence-corrected chi connectivity index (χ4v) is 6.21. The maximum Gasteiger partial charge on any atom is 0.138 e. The Hall–Kier alpha value is -5.20. The first-order valence-electron chi connectivity index (χ1n) is 13.1. The number of hydrogen-bond donors (Lipinski definition) is 0. The summed E-state index contributed by atoms with van der Waals surface area (Å²) in [6, 6.07) is 41.3. The van der Waals surface area contributed by atoms with Crippen LogP contribution in [-0.4, -0.2) is 24.5 Å². The molecule has 5 aromatic heterocycles. The van der Waals surface area contributed by atoms with Gasteiger partial charge in [-0.3, -0.25) is 9.55 Å². The minimum absolute atomic E-state index is 0.820. The zero-order chi connectivity index (χ0) is 26.5. The molecule has 0 aliphatic carbocycles. The fraction of sp³-hybridized carbons (Fsp3) is 0. The van der Waals surface area contributed by atoms with Crippen molar-refractivity contribution in [1.82, 2.24) is 24.5 Å². The van der Waals surface area contributed by atoms with E-state index in [1.807, 2.05) is 60.8 Å². The van der Waals surface area contributed by atoms with Gasteiger partial charge in [0.2, 0.25) is 0 Å². The molecule has 0 saturated heterocycles. The highest BCUT2D eigenvalue weighted by Gasteiger charge is 2.14. The molecule has 40 heavy (non-hydrogen) atoms. The van der Waals surface area contributed by atoms with Crippen molar-refractivity contribution in [2.75, 3.05) is 0 Å². The summed E-state index contributed by atoms with van der Waals surface area (Å²) in [6.07, 6.45) is 1.84. The molecule has 6 heteroatoms. The van der Waals surface area contributed by atoms with E-state index in [1.54, 1.807) is 11.3 Å². The maximum absolute atomic E-state index is 5.06. The SMILES string of the molecule is c1cc(-c2ccc(-c3nc4ccccc4s3)cc2)nc(-c2cccc(-n3c4ccccc4c4ncccc43)n2)c1. The molecule has 8 aromatic rings. The van der Waals surface area contributed by atoms with Crippen LogP contribution >= 0.6 is 11.3 Å². The number of rotatable bonds is 4. The molecule has 188 valence electrons.